The maximum Gasteiger partial charge on any atom is 0.433 e. The van der Waals surface area contributed by atoms with Crippen LogP contribution in [0.5, 0.6) is 5.75 Å². The highest BCUT2D eigenvalue weighted by Crippen LogP contribution is 2.38. The molecule has 7 heteroatoms. The van der Waals surface area contributed by atoms with Crippen molar-refractivity contribution in [3.05, 3.63) is 71.4 Å². The van der Waals surface area contributed by atoms with Gasteiger partial charge in [0.1, 0.15) is 11.4 Å². The maximum absolute atomic E-state index is 13.6. The van der Waals surface area contributed by atoms with E-state index in [-0.39, 0.29) is 16.8 Å². The molecule has 3 rings (SSSR count). The van der Waals surface area contributed by atoms with Crippen molar-refractivity contribution in [3.63, 3.8) is 0 Å². The molecular formula is C22H18F3NO3. The molecule has 0 saturated carbocycles. The summed E-state index contributed by atoms with van der Waals surface area (Å²) in [4.78, 5) is 16.4. The molecule has 29 heavy (non-hydrogen) atoms. The first-order valence-corrected chi connectivity index (χ1v) is 8.66. The molecule has 0 fully saturated rings. The molecule has 1 aromatic heterocycles. The van der Waals surface area contributed by atoms with Crippen LogP contribution in [0.3, 0.4) is 0 Å². The van der Waals surface area contributed by atoms with Crippen LogP contribution in [0.15, 0.2) is 54.6 Å². The van der Waals surface area contributed by atoms with Crippen molar-refractivity contribution >= 4 is 5.97 Å². The first-order chi connectivity index (χ1) is 13.7. The number of benzene rings is 2. The van der Waals surface area contributed by atoms with E-state index >= 15 is 0 Å². The van der Waals surface area contributed by atoms with E-state index < -0.39 is 17.8 Å². The Hall–Kier alpha value is -3.35. The molecule has 0 atom stereocenters. The number of halogens is 3. The van der Waals surface area contributed by atoms with E-state index in [2.05, 4.69) is 4.98 Å². The van der Waals surface area contributed by atoms with Crippen LogP contribution in [0.4, 0.5) is 13.2 Å². The first-order valence-electron chi connectivity index (χ1n) is 8.66. The summed E-state index contributed by atoms with van der Waals surface area (Å²) in [5, 5.41) is 0. The van der Waals surface area contributed by atoms with Gasteiger partial charge in [0.2, 0.25) is 0 Å². The summed E-state index contributed by atoms with van der Waals surface area (Å²) in [5.74, 6) is -0.244. The normalized spacial score (nSPS) is 11.2. The van der Waals surface area contributed by atoms with Crippen molar-refractivity contribution in [2.75, 3.05) is 14.2 Å². The Morgan fingerprint density at radius 3 is 2.03 bits per heavy atom. The fourth-order valence-electron chi connectivity index (χ4n) is 2.92. The Labute approximate surface area is 165 Å². The number of methoxy groups -OCH3 is 2. The highest BCUT2D eigenvalue weighted by molar-refractivity contribution is 6.03. The largest absolute Gasteiger partial charge is 0.497 e. The highest BCUT2D eigenvalue weighted by atomic mass is 19.4. The Kier molecular flexibility index (Phi) is 5.59. The molecule has 0 unspecified atom stereocenters. The molecule has 2 aromatic carbocycles. The molecule has 0 N–H and O–H groups in total. The van der Waals surface area contributed by atoms with Crippen LogP contribution in [0.1, 0.15) is 21.6 Å². The van der Waals surface area contributed by atoms with E-state index in [4.69, 9.17) is 9.47 Å². The lowest BCUT2D eigenvalue weighted by molar-refractivity contribution is -0.141. The predicted octanol–water partition coefficient (Wildman–Crippen LogP) is 5.54. The van der Waals surface area contributed by atoms with Gasteiger partial charge in [0, 0.05) is 11.1 Å². The van der Waals surface area contributed by atoms with Gasteiger partial charge >= 0.3 is 12.1 Å². The lowest BCUT2D eigenvalue weighted by atomic mass is 9.94. The number of alkyl halides is 3. The molecule has 0 aliphatic carbocycles. The fourth-order valence-corrected chi connectivity index (χ4v) is 2.92. The van der Waals surface area contributed by atoms with Crippen LogP contribution in [0.25, 0.3) is 22.4 Å². The number of ether oxygens (including phenoxy) is 2. The van der Waals surface area contributed by atoms with Crippen molar-refractivity contribution in [1.82, 2.24) is 4.98 Å². The number of pyridine rings is 1. The molecule has 4 nitrogen and oxygen atoms in total. The Morgan fingerprint density at radius 1 is 0.931 bits per heavy atom. The average Bonchev–Trinajstić information content (AvgIpc) is 2.72. The number of carbonyl (C=O) groups excluding carboxylic acids is 1. The molecule has 0 spiro atoms. The Balaban J connectivity index is 2.36. The number of hydrogen-bond acceptors (Lipinski definition) is 4. The predicted molar refractivity (Wildman–Crippen MR) is 103 cm³/mol. The molecule has 0 bridgehead atoms. The van der Waals surface area contributed by atoms with E-state index in [1.54, 1.807) is 48.5 Å². The summed E-state index contributed by atoms with van der Waals surface area (Å²) in [6.45, 7) is 1.86. The molecule has 0 amide bonds. The van der Waals surface area contributed by atoms with Gasteiger partial charge in [-0.1, -0.05) is 29.8 Å². The monoisotopic (exact) mass is 401 g/mol. The van der Waals surface area contributed by atoms with Gasteiger partial charge in [0.05, 0.1) is 25.5 Å². The summed E-state index contributed by atoms with van der Waals surface area (Å²) in [6.07, 6.45) is -4.69. The van der Waals surface area contributed by atoms with Crippen LogP contribution in [-0.4, -0.2) is 25.2 Å². The number of carbonyl (C=O) groups is 1. The average molecular weight is 401 g/mol. The van der Waals surface area contributed by atoms with Crippen molar-refractivity contribution in [2.24, 2.45) is 0 Å². The van der Waals surface area contributed by atoms with E-state index in [9.17, 15) is 18.0 Å². The van der Waals surface area contributed by atoms with E-state index in [1.807, 2.05) is 6.92 Å². The lowest BCUT2D eigenvalue weighted by Crippen LogP contribution is -2.14. The first kappa shape index (κ1) is 20.4. The molecule has 150 valence electrons. The molecule has 0 aliphatic rings. The summed E-state index contributed by atoms with van der Waals surface area (Å²) in [5.41, 5.74) is 0.606. The summed E-state index contributed by atoms with van der Waals surface area (Å²) >= 11 is 0. The van der Waals surface area contributed by atoms with Crippen molar-refractivity contribution < 1.29 is 27.4 Å². The summed E-state index contributed by atoms with van der Waals surface area (Å²) in [6, 6.07) is 14.0. The van der Waals surface area contributed by atoms with Gasteiger partial charge in [-0.15, -0.1) is 0 Å². The van der Waals surface area contributed by atoms with E-state index in [0.717, 1.165) is 11.6 Å². The molecule has 0 saturated heterocycles. The molecule has 1 heterocycles. The third kappa shape index (κ3) is 4.23. The minimum Gasteiger partial charge on any atom is -0.497 e. The highest BCUT2D eigenvalue weighted by Gasteiger charge is 2.35. The van der Waals surface area contributed by atoms with Crippen LogP contribution in [0.2, 0.25) is 0 Å². The Bertz CT molecular complexity index is 1030. The van der Waals surface area contributed by atoms with Crippen molar-refractivity contribution in [3.8, 4) is 28.1 Å². The number of hydrogen-bond donors (Lipinski definition) is 0. The fraction of sp³-hybridized carbons (Fsp3) is 0.182. The van der Waals surface area contributed by atoms with Gasteiger partial charge in [-0.2, -0.15) is 13.2 Å². The number of esters is 1. The van der Waals surface area contributed by atoms with Crippen molar-refractivity contribution in [1.29, 1.82) is 0 Å². The number of aryl methyl sites for hydroxylation is 1. The summed E-state index contributed by atoms with van der Waals surface area (Å²) in [7, 11) is 2.66. The maximum atomic E-state index is 13.6. The van der Waals surface area contributed by atoms with Gasteiger partial charge in [0.25, 0.3) is 0 Å². The third-order valence-corrected chi connectivity index (χ3v) is 4.43. The third-order valence-electron chi connectivity index (χ3n) is 4.43. The van der Waals surface area contributed by atoms with Gasteiger partial charge in [0.15, 0.2) is 0 Å². The lowest BCUT2D eigenvalue weighted by Gasteiger charge is -2.17. The van der Waals surface area contributed by atoms with Crippen LogP contribution in [0, 0.1) is 6.92 Å². The quantitative estimate of drug-likeness (QED) is 0.539. The van der Waals surface area contributed by atoms with Crippen LogP contribution < -0.4 is 4.74 Å². The minimum absolute atomic E-state index is 0.0329. The smallest absolute Gasteiger partial charge is 0.433 e. The zero-order chi connectivity index (χ0) is 21.2. The molecular weight excluding hydrogens is 383 g/mol. The number of aromatic nitrogens is 1. The second kappa shape index (κ2) is 7.95. The Morgan fingerprint density at radius 2 is 1.52 bits per heavy atom. The topological polar surface area (TPSA) is 48.4 Å². The zero-order valence-electron chi connectivity index (χ0n) is 16.0. The second-order valence-corrected chi connectivity index (χ2v) is 6.36. The van der Waals surface area contributed by atoms with Gasteiger partial charge in [-0.05, 0) is 42.8 Å². The van der Waals surface area contributed by atoms with Gasteiger partial charge in [-0.3, -0.25) is 0 Å². The molecule has 3 aromatic rings. The van der Waals surface area contributed by atoms with Crippen LogP contribution in [-0.2, 0) is 10.9 Å². The second-order valence-electron chi connectivity index (χ2n) is 6.36. The van der Waals surface area contributed by atoms with Crippen molar-refractivity contribution in [2.45, 2.75) is 13.1 Å². The molecule has 0 aliphatic heterocycles. The number of nitrogens with zero attached hydrogens (tertiary/aromatic N) is 1. The van der Waals surface area contributed by atoms with Crippen LogP contribution >= 0.6 is 0 Å². The standard InChI is InChI=1S/C22H18F3NO3/c1-13-4-6-14(7-5-13)17-12-18(22(23,24)25)26-20(19(17)21(27)29-3)15-8-10-16(28-2)11-9-15/h4-12H,1-3H3. The minimum atomic E-state index is -4.69. The SMILES string of the molecule is COC(=O)c1c(-c2ccc(C)cc2)cc(C(F)(F)F)nc1-c1ccc(OC)cc1. The van der Waals surface area contributed by atoms with E-state index in [0.29, 0.717) is 16.9 Å². The molecule has 0 radical (unpaired) electrons. The summed E-state index contributed by atoms with van der Waals surface area (Å²) < 4.78 is 50.7. The van der Waals surface area contributed by atoms with Gasteiger partial charge in [-0.25, -0.2) is 9.78 Å². The van der Waals surface area contributed by atoms with E-state index in [1.165, 1.54) is 14.2 Å². The van der Waals surface area contributed by atoms with Gasteiger partial charge < -0.3 is 9.47 Å². The zero-order valence-corrected chi connectivity index (χ0v) is 16.0. The number of rotatable bonds is 4.